The van der Waals surface area contributed by atoms with Crippen molar-refractivity contribution in [1.82, 2.24) is 9.80 Å². The highest BCUT2D eigenvalue weighted by molar-refractivity contribution is 5.96. The average Bonchev–Trinajstić information content (AvgIpc) is 3.31. The van der Waals surface area contributed by atoms with Gasteiger partial charge in [0.15, 0.2) is 0 Å². The van der Waals surface area contributed by atoms with Gasteiger partial charge in [0.25, 0.3) is 11.6 Å². The van der Waals surface area contributed by atoms with Gasteiger partial charge in [-0.2, -0.15) is 0 Å². The lowest BCUT2D eigenvalue weighted by Crippen LogP contribution is -2.45. The van der Waals surface area contributed by atoms with Crippen LogP contribution in [0.5, 0.6) is 0 Å². The molecule has 0 atom stereocenters. The third kappa shape index (κ3) is 6.25. The molecule has 0 saturated heterocycles. The number of halogens is 1. The van der Waals surface area contributed by atoms with E-state index in [1.54, 1.807) is 38.1 Å². The van der Waals surface area contributed by atoms with Crippen molar-refractivity contribution in [1.29, 1.82) is 0 Å². The highest BCUT2D eigenvalue weighted by Crippen LogP contribution is 2.17. The first-order chi connectivity index (χ1) is 15.7. The second-order valence-electron chi connectivity index (χ2n) is 7.79. The monoisotopic (exact) mass is 453 g/mol. The van der Waals surface area contributed by atoms with Gasteiger partial charge in [0, 0.05) is 30.3 Å². The number of nitro groups is 1. The van der Waals surface area contributed by atoms with E-state index in [-0.39, 0.29) is 48.7 Å². The van der Waals surface area contributed by atoms with Gasteiger partial charge < -0.3 is 14.2 Å². The second-order valence-corrected chi connectivity index (χ2v) is 7.79. The van der Waals surface area contributed by atoms with E-state index in [1.165, 1.54) is 52.5 Å². The summed E-state index contributed by atoms with van der Waals surface area (Å²) in [5, 5.41) is 10.9. The fourth-order valence-corrected chi connectivity index (χ4v) is 3.26. The van der Waals surface area contributed by atoms with E-state index >= 15 is 0 Å². The van der Waals surface area contributed by atoms with Crippen molar-refractivity contribution in [2.75, 3.05) is 6.54 Å². The third-order valence-corrected chi connectivity index (χ3v) is 5.08. The summed E-state index contributed by atoms with van der Waals surface area (Å²) in [6.45, 7) is 3.76. The molecule has 0 unspecified atom stereocenters. The molecule has 0 aliphatic carbocycles. The van der Waals surface area contributed by atoms with Gasteiger partial charge in [-0.1, -0.05) is 12.1 Å². The van der Waals surface area contributed by atoms with E-state index in [4.69, 9.17) is 4.42 Å². The normalized spacial score (nSPS) is 10.8. The molecule has 8 nitrogen and oxygen atoms in total. The lowest BCUT2D eigenvalue weighted by atomic mass is 10.1. The van der Waals surface area contributed by atoms with Gasteiger partial charge in [-0.3, -0.25) is 19.7 Å². The Labute approximate surface area is 190 Å². The minimum Gasteiger partial charge on any atom is -0.467 e. The standard InChI is InChI=1S/C24H24FN3O5/c1-17(2)27(24(30)19-7-11-21(12-8-19)28(31)32)16-23(29)26(15-22-4-3-13-33-22)14-18-5-9-20(25)10-6-18/h3-13,17H,14-16H2,1-2H3. The van der Waals surface area contributed by atoms with Crippen LogP contribution in [0, 0.1) is 15.9 Å². The zero-order valence-corrected chi connectivity index (χ0v) is 18.3. The Bertz CT molecular complexity index is 1100. The van der Waals surface area contributed by atoms with Crippen LogP contribution >= 0.6 is 0 Å². The van der Waals surface area contributed by atoms with Crippen molar-refractivity contribution < 1.29 is 23.3 Å². The highest BCUT2D eigenvalue weighted by atomic mass is 19.1. The number of amides is 2. The summed E-state index contributed by atoms with van der Waals surface area (Å²) < 4.78 is 18.7. The maximum Gasteiger partial charge on any atom is 0.269 e. The molecule has 0 spiro atoms. The maximum absolute atomic E-state index is 13.3. The molecule has 0 saturated carbocycles. The lowest BCUT2D eigenvalue weighted by Gasteiger charge is -2.30. The summed E-state index contributed by atoms with van der Waals surface area (Å²) >= 11 is 0. The van der Waals surface area contributed by atoms with Crippen LogP contribution in [0.2, 0.25) is 0 Å². The van der Waals surface area contributed by atoms with E-state index in [2.05, 4.69) is 0 Å². The van der Waals surface area contributed by atoms with Crippen molar-refractivity contribution in [3.05, 3.63) is 99.7 Å². The van der Waals surface area contributed by atoms with Crippen molar-refractivity contribution in [2.24, 2.45) is 0 Å². The van der Waals surface area contributed by atoms with Crippen LogP contribution in [0.1, 0.15) is 35.5 Å². The number of non-ortho nitro benzene ring substituents is 1. The molecule has 3 aromatic rings. The Balaban J connectivity index is 1.79. The number of hydrogen-bond acceptors (Lipinski definition) is 5. The van der Waals surface area contributed by atoms with Gasteiger partial charge >= 0.3 is 0 Å². The first-order valence-corrected chi connectivity index (χ1v) is 10.3. The average molecular weight is 453 g/mol. The molecule has 2 amide bonds. The van der Waals surface area contributed by atoms with E-state index in [1.807, 2.05) is 0 Å². The first kappa shape index (κ1) is 23.6. The van der Waals surface area contributed by atoms with Crippen molar-refractivity contribution in [3.8, 4) is 0 Å². The minimum atomic E-state index is -0.542. The van der Waals surface area contributed by atoms with E-state index in [0.717, 1.165) is 5.56 Å². The molecule has 0 bridgehead atoms. The van der Waals surface area contributed by atoms with Crippen LogP contribution < -0.4 is 0 Å². The van der Waals surface area contributed by atoms with Crippen LogP contribution in [-0.4, -0.2) is 39.1 Å². The van der Waals surface area contributed by atoms with Crippen LogP contribution in [0.4, 0.5) is 10.1 Å². The molecule has 1 heterocycles. The molecule has 9 heteroatoms. The predicted octanol–water partition coefficient (Wildman–Crippen LogP) is 4.41. The van der Waals surface area contributed by atoms with Gasteiger partial charge in [-0.15, -0.1) is 0 Å². The fourth-order valence-electron chi connectivity index (χ4n) is 3.26. The van der Waals surface area contributed by atoms with Gasteiger partial charge in [-0.25, -0.2) is 4.39 Å². The quantitative estimate of drug-likeness (QED) is 0.353. The molecule has 0 aliphatic heterocycles. The molecular formula is C24H24FN3O5. The fraction of sp³-hybridized carbons (Fsp3) is 0.250. The molecule has 0 radical (unpaired) electrons. The second kappa shape index (κ2) is 10.5. The zero-order valence-electron chi connectivity index (χ0n) is 18.3. The number of hydrogen-bond donors (Lipinski definition) is 0. The molecule has 0 aliphatic rings. The summed E-state index contributed by atoms with van der Waals surface area (Å²) in [5.41, 5.74) is 0.856. The summed E-state index contributed by atoms with van der Waals surface area (Å²) in [6.07, 6.45) is 1.51. The van der Waals surface area contributed by atoms with Crippen LogP contribution in [0.3, 0.4) is 0 Å². The Hall–Kier alpha value is -4.01. The number of rotatable bonds is 9. The summed E-state index contributed by atoms with van der Waals surface area (Å²) in [6, 6.07) is 14.3. The smallest absolute Gasteiger partial charge is 0.269 e. The number of furan rings is 1. The number of carbonyl (C=O) groups is 2. The Morgan fingerprint density at radius 2 is 1.70 bits per heavy atom. The first-order valence-electron chi connectivity index (χ1n) is 10.3. The van der Waals surface area contributed by atoms with Crippen molar-refractivity contribution in [2.45, 2.75) is 33.0 Å². The third-order valence-electron chi connectivity index (χ3n) is 5.08. The molecule has 0 N–H and O–H groups in total. The number of benzene rings is 2. The molecule has 3 rings (SSSR count). The van der Waals surface area contributed by atoms with Gasteiger partial charge in [0.2, 0.25) is 5.91 Å². The molecule has 0 fully saturated rings. The summed E-state index contributed by atoms with van der Waals surface area (Å²) in [7, 11) is 0. The van der Waals surface area contributed by atoms with Crippen LogP contribution in [0.15, 0.2) is 71.3 Å². The largest absolute Gasteiger partial charge is 0.467 e. The van der Waals surface area contributed by atoms with Crippen molar-refractivity contribution >= 4 is 17.5 Å². The van der Waals surface area contributed by atoms with Crippen LogP contribution in [-0.2, 0) is 17.9 Å². The number of nitro benzene ring substituents is 1. The molecule has 1 aromatic heterocycles. The Morgan fingerprint density at radius 3 is 2.24 bits per heavy atom. The maximum atomic E-state index is 13.3. The van der Waals surface area contributed by atoms with Crippen molar-refractivity contribution in [3.63, 3.8) is 0 Å². The van der Waals surface area contributed by atoms with E-state index < -0.39 is 10.8 Å². The number of carbonyl (C=O) groups excluding carboxylic acids is 2. The molecular weight excluding hydrogens is 429 g/mol. The topological polar surface area (TPSA) is 96.9 Å². The lowest BCUT2D eigenvalue weighted by molar-refractivity contribution is -0.384. The summed E-state index contributed by atoms with van der Waals surface area (Å²) in [4.78, 5) is 39.6. The Kier molecular flexibility index (Phi) is 7.55. The summed E-state index contributed by atoms with van der Waals surface area (Å²) in [5.74, 6) is -0.529. The minimum absolute atomic E-state index is 0.123. The SMILES string of the molecule is CC(C)N(CC(=O)N(Cc1ccc(F)cc1)Cc1ccco1)C(=O)c1ccc([N+](=O)[O-])cc1. The highest BCUT2D eigenvalue weighted by Gasteiger charge is 2.25. The van der Waals surface area contributed by atoms with Gasteiger partial charge in [0.1, 0.15) is 18.1 Å². The van der Waals surface area contributed by atoms with Gasteiger partial charge in [-0.05, 0) is 55.8 Å². The molecule has 2 aromatic carbocycles. The predicted molar refractivity (Wildman–Crippen MR) is 119 cm³/mol. The van der Waals surface area contributed by atoms with E-state index in [0.29, 0.717) is 5.76 Å². The van der Waals surface area contributed by atoms with Crippen LogP contribution in [0.25, 0.3) is 0 Å². The Morgan fingerprint density at radius 1 is 1.03 bits per heavy atom. The molecule has 172 valence electrons. The number of nitrogens with zero attached hydrogens (tertiary/aromatic N) is 3. The molecule has 33 heavy (non-hydrogen) atoms. The van der Waals surface area contributed by atoms with E-state index in [9.17, 15) is 24.1 Å². The van der Waals surface area contributed by atoms with Gasteiger partial charge in [0.05, 0.1) is 17.7 Å². The zero-order chi connectivity index (χ0) is 24.0.